The Bertz CT molecular complexity index is 1250. The zero-order valence-electron chi connectivity index (χ0n) is 33.3. The van der Waals surface area contributed by atoms with Gasteiger partial charge in [-0.3, -0.25) is 14.1 Å². The molecule has 300 valence electrons. The molecule has 0 heterocycles. The van der Waals surface area contributed by atoms with Gasteiger partial charge in [0.05, 0.1) is 11.9 Å². The highest BCUT2D eigenvalue weighted by molar-refractivity contribution is 7.85. The highest BCUT2D eigenvalue weighted by Gasteiger charge is 2.63. The third-order valence-electron chi connectivity index (χ3n) is 14.7. The lowest BCUT2D eigenvalue weighted by molar-refractivity contribution is -0.181. The van der Waals surface area contributed by atoms with Crippen LogP contribution in [0.3, 0.4) is 0 Å². The first kappa shape index (κ1) is 43.3. The Morgan fingerprint density at radius 3 is 2.23 bits per heavy atom. The van der Waals surface area contributed by atoms with Crippen molar-refractivity contribution in [1.82, 2.24) is 5.32 Å². The monoisotopic (exact) mass is 750 g/mol. The largest absolute Gasteiger partial charge is 0.462 e. The first-order valence-electron chi connectivity index (χ1n) is 21.5. The average Bonchev–Trinajstić information content (AvgIpc) is 3.46. The molecule has 4 saturated carbocycles. The van der Waals surface area contributed by atoms with Crippen LogP contribution in [0.5, 0.6) is 0 Å². The molecule has 4 rings (SSSR count). The van der Waals surface area contributed by atoms with Gasteiger partial charge in [-0.25, -0.2) is 0 Å². The first-order chi connectivity index (χ1) is 24.8. The maximum atomic E-state index is 12.8. The van der Waals surface area contributed by atoms with Gasteiger partial charge in [0.15, 0.2) is 0 Å². The number of fused-ring (bicyclic) bond motifs is 5. The van der Waals surface area contributed by atoms with Crippen molar-refractivity contribution in [3.63, 3.8) is 0 Å². The fraction of sp³-hybridized carbons (Fsp3) is 0.907. The summed E-state index contributed by atoms with van der Waals surface area (Å²) in [7, 11) is -4.10. The number of allylic oxidation sites excluding steroid dienone is 2. The summed E-state index contributed by atoms with van der Waals surface area (Å²) in [5, 5.41) is 14.5. The van der Waals surface area contributed by atoms with E-state index in [4.69, 9.17) is 9.29 Å². The summed E-state index contributed by atoms with van der Waals surface area (Å²) < 4.78 is 37.0. The van der Waals surface area contributed by atoms with E-state index in [1.54, 1.807) is 0 Å². The number of esters is 1. The van der Waals surface area contributed by atoms with Gasteiger partial charge in [0.1, 0.15) is 6.10 Å². The minimum atomic E-state index is -4.10. The summed E-state index contributed by atoms with van der Waals surface area (Å²) in [6, 6.07) is 0. The average molecular weight is 750 g/mol. The normalized spacial score (nSPS) is 33.6. The van der Waals surface area contributed by atoms with Crippen LogP contribution in [0.25, 0.3) is 0 Å². The number of aliphatic hydroxyl groups is 1. The number of hydrogen-bond donors (Lipinski definition) is 3. The molecule has 9 heteroatoms. The van der Waals surface area contributed by atoms with Crippen molar-refractivity contribution in [3.8, 4) is 0 Å². The number of carbonyl (C=O) groups excluding carboxylic acids is 2. The van der Waals surface area contributed by atoms with Crippen molar-refractivity contribution >= 4 is 22.0 Å². The van der Waals surface area contributed by atoms with E-state index in [1.807, 2.05) is 0 Å². The van der Waals surface area contributed by atoms with Gasteiger partial charge in [-0.05, 0) is 136 Å². The van der Waals surface area contributed by atoms with E-state index in [0.29, 0.717) is 48.9 Å². The predicted octanol–water partition coefficient (Wildman–Crippen LogP) is 9.60. The minimum Gasteiger partial charge on any atom is -0.462 e. The number of amides is 1. The van der Waals surface area contributed by atoms with Crippen LogP contribution in [0.15, 0.2) is 12.2 Å². The van der Waals surface area contributed by atoms with E-state index in [0.717, 1.165) is 51.4 Å². The van der Waals surface area contributed by atoms with Crippen molar-refractivity contribution in [2.75, 3.05) is 12.3 Å². The van der Waals surface area contributed by atoms with Gasteiger partial charge >= 0.3 is 5.97 Å². The molecule has 0 spiro atoms. The second kappa shape index (κ2) is 20.5. The molecule has 4 fully saturated rings. The zero-order chi connectivity index (χ0) is 37.8. The van der Waals surface area contributed by atoms with Crippen molar-refractivity contribution < 1.29 is 32.4 Å². The smallest absolute Gasteiger partial charge is 0.306 e. The van der Waals surface area contributed by atoms with Crippen LogP contribution in [-0.4, -0.2) is 54.5 Å². The quantitative estimate of drug-likeness (QED) is 0.0435. The molecular weight excluding hydrogens is 675 g/mol. The molecule has 0 aliphatic heterocycles. The Kier molecular flexibility index (Phi) is 17.0. The van der Waals surface area contributed by atoms with Gasteiger partial charge in [0, 0.05) is 19.4 Å². The third-order valence-corrected chi connectivity index (χ3v) is 15.4. The Balaban J connectivity index is 1.15. The maximum absolute atomic E-state index is 12.8. The van der Waals surface area contributed by atoms with E-state index in [-0.39, 0.29) is 47.4 Å². The van der Waals surface area contributed by atoms with E-state index in [1.165, 1.54) is 77.0 Å². The molecular formula is C43H75NO7S. The fourth-order valence-electron chi connectivity index (χ4n) is 11.6. The van der Waals surface area contributed by atoms with Gasteiger partial charge in [-0.1, -0.05) is 84.8 Å². The van der Waals surface area contributed by atoms with Crippen LogP contribution in [0.1, 0.15) is 175 Å². The molecule has 0 bridgehead atoms. The van der Waals surface area contributed by atoms with Crippen LogP contribution in [0, 0.1) is 46.3 Å². The van der Waals surface area contributed by atoms with E-state index < -0.39 is 15.9 Å². The Morgan fingerprint density at radius 1 is 0.865 bits per heavy atom. The minimum absolute atomic E-state index is 0.0188. The van der Waals surface area contributed by atoms with Gasteiger partial charge in [0.2, 0.25) is 5.91 Å². The summed E-state index contributed by atoms with van der Waals surface area (Å²) in [6.07, 6.45) is 29.1. The number of unbranched alkanes of at least 4 members (excludes halogenated alkanes) is 10. The molecule has 8 nitrogen and oxygen atoms in total. The van der Waals surface area contributed by atoms with Crippen molar-refractivity contribution in [2.45, 2.75) is 188 Å². The molecule has 10 atom stereocenters. The second-order valence-electron chi connectivity index (χ2n) is 18.0. The summed E-state index contributed by atoms with van der Waals surface area (Å²) in [6.45, 7) is 9.18. The SMILES string of the molecule is CCCCCCC/C=C\CCCCCCCC(=O)OC1CCC2(C)C(CCC3C2CC(O)C2(C)C(C(C)CCC(=O)NCCS(=O)(=O)O)CCC32)C1. The summed E-state index contributed by atoms with van der Waals surface area (Å²) in [5.74, 6) is 2.03. The summed E-state index contributed by atoms with van der Waals surface area (Å²) in [4.78, 5) is 25.2. The van der Waals surface area contributed by atoms with Gasteiger partial charge in [-0.15, -0.1) is 0 Å². The van der Waals surface area contributed by atoms with Crippen LogP contribution in [0.4, 0.5) is 0 Å². The first-order valence-corrected chi connectivity index (χ1v) is 23.1. The zero-order valence-corrected chi connectivity index (χ0v) is 34.1. The highest BCUT2D eigenvalue weighted by Crippen LogP contribution is 2.68. The summed E-state index contributed by atoms with van der Waals surface area (Å²) >= 11 is 0. The highest BCUT2D eigenvalue weighted by atomic mass is 32.2. The molecule has 52 heavy (non-hydrogen) atoms. The van der Waals surface area contributed by atoms with Crippen LogP contribution in [-0.2, 0) is 24.4 Å². The standard InChI is InChI=1S/C43H75NO7S/c1-5-6-7-8-9-10-11-12-13-14-15-16-17-18-19-41(47)51-34-26-27-42(3)33(30-34)21-22-35-37-24-23-36(43(37,4)39(45)31-38(35)42)32(2)20-25-40(46)44-28-29-52(48,49)50/h11-12,32-39,45H,5-10,13-31H2,1-4H3,(H,44,46)(H,48,49,50)/b12-11-. The molecule has 0 aromatic rings. The molecule has 0 aromatic heterocycles. The Labute approximate surface area is 317 Å². The molecule has 1 amide bonds. The van der Waals surface area contributed by atoms with Gasteiger partial charge in [-0.2, -0.15) is 8.42 Å². The van der Waals surface area contributed by atoms with Crippen LogP contribution < -0.4 is 5.32 Å². The number of ether oxygens (including phenoxy) is 1. The molecule has 0 saturated heterocycles. The maximum Gasteiger partial charge on any atom is 0.306 e. The van der Waals surface area contributed by atoms with Crippen molar-refractivity contribution in [1.29, 1.82) is 0 Å². The van der Waals surface area contributed by atoms with Crippen LogP contribution >= 0.6 is 0 Å². The van der Waals surface area contributed by atoms with E-state index >= 15 is 0 Å². The Hall–Kier alpha value is -1.45. The lowest BCUT2D eigenvalue weighted by atomic mass is 9.43. The van der Waals surface area contributed by atoms with E-state index in [9.17, 15) is 23.1 Å². The number of hydrogen-bond acceptors (Lipinski definition) is 6. The van der Waals surface area contributed by atoms with Crippen molar-refractivity contribution in [2.24, 2.45) is 46.3 Å². The molecule has 0 aromatic carbocycles. The second-order valence-corrected chi connectivity index (χ2v) is 19.5. The lowest BCUT2D eigenvalue weighted by Gasteiger charge is -2.62. The fourth-order valence-corrected chi connectivity index (χ4v) is 12.0. The molecule has 3 N–H and O–H groups in total. The molecule has 0 radical (unpaired) electrons. The number of nitrogens with one attached hydrogen (secondary N) is 1. The van der Waals surface area contributed by atoms with Gasteiger partial charge in [0.25, 0.3) is 10.1 Å². The molecule has 10 unspecified atom stereocenters. The number of carbonyl (C=O) groups is 2. The number of aliphatic hydroxyl groups excluding tert-OH is 1. The number of rotatable bonds is 22. The molecule has 4 aliphatic rings. The summed E-state index contributed by atoms with van der Waals surface area (Å²) in [5.41, 5.74) is 0.00401. The topological polar surface area (TPSA) is 130 Å². The predicted molar refractivity (Wildman–Crippen MR) is 209 cm³/mol. The van der Waals surface area contributed by atoms with E-state index in [2.05, 4.69) is 45.2 Å². The van der Waals surface area contributed by atoms with Crippen LogP contribution in [0.2, 0.25) is 0 Å². The lowest BCUT2D eigenvalue weighted by Crippen LogP contribution is -2.59. The molecule has 4 aliphatic carbocycles. The third kappa shape index (κ3) is 11.8. The van der Waals surface area contributed by atoms with Crippen molar-refractivity contribution in [3.05, 3.63) is 12.2 Å². The van der Waals surface area contributed by atoms with Gasteiger partial charge < -0.3 is 15.2 Å². The Morgan fingerprint density at radius 2 is 1.54 bits per heavy atom.